The number of aromatic nitrogens is 1. The number of nitrogens with two attached hydrogens (primary N) is 1. The molecule has 0 aliphatic carbocycles. The molecule has 0 aliphatic heterocycles. The maximum absolute atomic E-state index is 6.00. The highest BCUT2D eigenvalue weighted by molar-refractivity contribution is 7.13. The summed E-state index contributed by atoms with van der Waals surface area (Å²) in [6, 6.07) is 13.2. The minimum absolute atomic E-state index is 0.416. The van der Waals surface area contributed by atoms with E-state index in [2.05, 4.69) is 4.98 Å². The van der Waals surface area contributed by atoms with Gasteiger partial charge in [0.1, 0.15) is 12.4 Å². The van der Waals surface area contributed by atoms with Crippen LogP contribution in [0.1, 0.15) is 5.56 Å². The lowest BCUT2D eigenvalue weighted by Gasteiger charge is -2.08. The van der Waals surface area contributed by atoms with Crippen molar-refractivity contribution in [2.24, 2.45) is 0 Å². The monoisotopic (exact) mass is 350 g/mol. The van der Waals surface area contributed by atoms with E-state index >= 15 is 0 Å². The fraction of sp³-hybridized carbons (Fsp3) is 0.0625. The Morgan fingerprint density at radius 1 is 1.09 bits per heavy atom. The van der Waals surface area contributed by atoms with Gasteiger partial charge in [0.2, 0.25) is 0 Å². The van der Waals surface area contributed by atoms with Crippen molar-refractivity contribution < 1.29 is 4.74 Å². The lowest BCUT2D eigenvalue weighted by atomic mass is 10.1. The number of anilines is 1. The Bertz CT molecular complexity index is 804. The average molecular weight is 351 g/mol. The van der Waals surface area contributed by atoms with Gasteiger partial charge in [0.05, 0.1) is 15.7 Å². The van der Waals surface area contributed by atoms with Crippen LogP contribution in [-0.4, -0.2) is 4.98 Å². The van der Waals surface area contributed by atoms with Crippen LogP contribution in [0.5, 0.6) is 5.75 Å². The number of hydrogen-bond donors (Lipinski definition) is 1. The fourth-order valence-corrected chi connectivity index (χ4v) is 2.85. The largest absolute Gasteiger partial charge is 0.489 e. The van der Waals surface area contributed by atoms with Crippen molar-refractivity contribution in [3.63, 3.8) is 0 Å². The van der Waals surface area contributed by atoms with Crippen LogP contribution in [0.25, 0.3) is 11.3 Å². The highest BCUT2D eigenvalue weighted by atomic mass is 35.5. The van der Waals surface area contributed by atoms with Crippen LogP contribution in [0.15, 0.2) is 47.8 Å². The van der Waals surface area contributed by atoms with Crippen LogP contribution < -0.4 is 10.5 Å². The molecule has 6 heteroatoms. The van der Waals surface area contributed by atoms with E-state index in [1.165, 1.54) is 11.3 Å². The third-order valence-corrected chi connectivity index (χ3v) is 4.45. The Kier molecular flexibility index (Phi) is 4.52. The molecule has 3 aromatic rings. The molecule has 0 atom stereocenters. The Morgan fingerprint density at radius 2 is 1.95 bits per heavy atom. The second-order valence-corrected chi connectivity index (χ2v) is 6.34. The maximum atomic E-state index is 6.00. The topological polar surface area (TPSA) is 48.1 Å². The van der Waals surface area contributed by atoms with Gasteiger partial charge >= 0.3 is 0 Å². The van der Waals surface area contributed by atoms with Gasteiger partial charge in [0, 0.05) is 10.9 Å². The van der Waals surface area contributed by atoms with Crippen LogP contribution >= 0.6 is 34.5 Å². The van der Waals surface area contributed by atoms with E-state index in [0.717, 1.165) is 22.6 Å². The Balaban J connectivity index is 1.74. The van der Waals surface area contributed by atoms with Gasteiger partial charge in [-0.05, 0) is 29.8 Å². The molecule has 112 valence electrons. The Labute approximate surface area is 142 Å². The zero-order chi connectivity index (χ0) is 15.5. The van der Waals surface area contributed by atoms with E-state index in [1.807, 2.05) is 35.7 Å². The molecule has 0 amide bonds. The maximum Gasteiger partial charge on any atom is 0.180 e. The number of hydrogen-bond acceptors (Lipinski definition) is 4. The van der Waals surface area contributed by atoms with E-state index in [1.54, 1.807) is 12.1 Å². The molecule has 0 aliphatic rings. The molecule has 0 fully saturated rings. The Hall–Kier alpha value is -1.75. The number of halogens is 2. The molecule has 3 rings (SSSR count). The number of nitrogens with zero attached hydrogens (tertiary/aromatic N) is 1. The minimum atomic E-state index is 0.416. The minimum Gasteiger partial charge on any atom is -0.489 e. The van der Waals surface area contributed by atoms with E-state index in [0.29, 0.717) is 21.8 Å². The third kappa shape index (κ3) is 3.53. The summed E-state index contributed by atoms with van der Waals surface area (Å²) in [5.41, 5.74) is 8.45. The number of thiazole rings is 1. The van der Waals surface area contributed by atoms with Crippen LogP contribution in [-0.2, 0) is 6.61 Å². The summed E-state index contributed by atoms with van der Waals surface area (Å²) < 4.78 is 5.80. The summed E-state index contributed by atoms with van der Waals surface area (Å²) in [5, 5.41) is 3.54. The van der Waals surface area contributed by atoms with Crippen molar-refractivity contribution in [3.05, 3.63) is 63.5 Å². The molecule has 1 heterocycles. The van der Waals surface area contributed by atoms with E-state index in [-0.39, 0.29) is 0 Å². The first-order chi connectivity index (χ1) is 10.6. The quantitative estimate of drug-likeness (QED) is 0.696. The fourth-order valence-electron chi connectivity index (χ4n) is 1.96. The van der Waals surface area contributed by atoms with Gasteiger partial charge in [-0.15, -0.1) is 11.3 Å². The third-order valence-electron chi connectivity index (χ3n) is 3.04. The molecule has 0 saturated heterocycles. The van der Waals surface area contributed by atoms with E-state index in [4.69, 9.17) is 33.7 Å². The normalized spacial score (nSPS) is 10.6. The predicted octanol–water partition coefficient (Wildman–Crippen LogP) is 5.28. The van der Waals surface area contributed by atoms with E-state index in [9.17, 15) is 0 Å². The van der Waals surface area contributed by atoms with Crippen molar-refractivity contribution in [3.8, 4) is 17.0 Å². The number of ether oxygens (including phenoxy) is 1. The predicted molar refractivity (Wildman–Crippen MR) is 92.8 cm³/mol. The number of nitrogen functional groups attached to an aromatic ring is 1. The van der Waals surface area contributed by atoms with Crippen LogP contribution in [0, 0.1) is 0 Å². The van der Waals surface area contributed by atoms with Crippen LogP contribution in [0.2, 0.25) is 10.0 Å². The van der Waals surface area contributed by atoms with Gasteiger partial charge in [-0.25, -0.2) is 4.98 Å². The summed E-state index contributed by atoms with van der Waals surface area (Å²) >= 11 is 13.3. The first-order valence-corrected chi connectivity index (χ1v) is 8.13. The second kappa shape index (κ2) is 6.57. The summed E-state index contributed by atoms with van der Waals surface area (Å²) in [4.78, 5) is 4.27. The molecule has 0 bridgehead atoms. The lowest BCUT2D eigenvalue weighted by molar-refractivity contribution is 0.306. The van der Waals surface area contributed by atoms with Gasteiger partial charge < -0.3 is 10.5 Å². The van der Waals surface area contributed by atoms with Crippen molar-refractivity contribution in [1.82, 2.24) is 4.98 Å². The summed E-state index contributed by atoms with van der Waals surface area (Å²) in [5.74, 6) is 0.759. The molecule has 0 spiro atoms. The van der Waals surface area contributed by atoms with Crippen molar-refractivity contribution in [1.29, 1.82) is 0 Å². The van der Waals surface area contributed by atoms with Gasteiger partial charge in [0.15, 0.2) is 5.13 Å². The summed E-state index contributed by atoms with van der Waals surface area (Å²) in [7, 11) is 0. The molecule has 0 unspecified atom stereocenters. The summed E-state index contributed by atoms with van der Waals surface area (Å²) in [6.07, 6.45) is 0. The first kappa shape index (κ1) is 15.2. The number of benzene rings is 2. The van der Waals surface area contributed by atoms with Crippen LogP contribution in [0.3, 0.4) is 0 Å². The van der Waals surface area contributed by atoms with Gasteiger partial charge in [-0.1, -0.05) is 41.4 Å². The molecule has 22 heavy (non-hydrogen) atoms. The molecule has 0 radical (unpaired) electrons. The van der Waals surface area contributed by atoms with Crippen LogP contribution in [0.4, 0.5) is 5.13 Å². The SMILES string of the molecule is Nc1nc(-c2cccc(OCc3ccc(Cl)c(Cl)c3)c2)cs1. The van der Waals surface area contributed by atoms with Gasteiger partial charge in [-0.2, -0.15) is 0 Å². The molecule has 2 N–H and O–H groups in total. The lowest BCUT2D eigenvalue weighted by Crippen LogP contribution is -1.95. The average Bonchev–Trinajstić information content (AvgIpc) is 2.95. The Morgan fingerprint density at radius 3 is 2.68 bits per heavy atom. The first-order valence-electron chi connectivity index (χ1n) is 6.50. The zero-order valence-electron chi connectivity index (χ0n) is 11.4. The molecular weight excluding hydrogens is 339 g/mol. The molecule has 0 saturated carbocycles. The van der Waals surface area contributed by atoms with Gasteiger partial charge in [-0.3, -0.25) is 0 Å². The molecule has 1 aromatic heterocycles. The highest BCUT2D eigenvalue weighted by Crippen LogP contribution is 2.27. The molecule has 2 aromatic carbocycles. The summed E-state index contributed by atoms with van der Waals surface area (Å²) in [6.45, 7) is 0.416. The molecule has 3 nitrogen and oxygen atoms in total. The zero-order valence-corrected chi connectivity index (χ0v) is 13.8. The second-order valence-electron chi connectivity index (χ2n) is 4.64. The van der Waals surface area contributed by atoms with Gasteiger partial charge in [0.25, 0.3) is 0 Å². The smallest absolute Gasteiger partial charge is 0.180 e. The van der Waals surface area contributed by atoms with Crippen molar-refractivity contribution >= 4 is 39.7 Å². The number of rotatable bonds is 4. The van der Waals surface area contributed by atoms with Crippen molar-refractivity contribution in [2.45, 2.75) is 6.61 Å². The van der Waals surface area contributed by atoms with Crippen molar-refractivity contribution in [2.75, 3.05) is 5.73 Å². The standard InChI is InChI=1S/C16H12Cl2N2OS/c17-13-5-4-10(6-14(13)18)8-21-12-3-1-2-11(7-12)15-9-22-16(19)20-15/h1-7,9H,8H2,(H2,19,20). The molecular formula is C16H12Cl2N2OS. The van der Waals surface area contributed by atoms with E-state index < -0.39 is 0 Å². The highest BCUT2D eigenvalue weighted by Gasteiger charge is 2.05.